The van der Waals surface area contributed by atoms with Crippen molar-refractivity contribution in [3.63, 3.8) is 0 Å². The van der Waals surface area contributed by atoms with Crippen molar-refractivity contribution < 1.29 is 28.2 Å². The number of hydrogen-bond acceptors (Lipinski definition) is 9. The Kier molecular flexibility index (Phi) is 7.32. The number of carbonyl (C=O) groups is 1. The number of nitrogens with one attached hydrogen (secondary N) is 2. The van der Waals surface area contributed by atoms with Crippen LogP contribution in [0.25, 0.3) is 11.0 Å². The van der Waals surface area contributed by atoms with Gasteiger partial charge in [0.25, 0.3) is 5.91 Å². The van der Waals surface area contributed by atoms with E-state index < -0.39 is 0 Å². The molecule has 0 aliphatic heterocycles. The standard InChI is InChI=1S/C25H26N4O6/c1-15-23(24(30)26-2)18-7-6-17(14-20(18)34-15)35-22-9-10-27-25(29-22)28-16-5-8-19(21(13-16)32-4)33-12-11-31-3/h5-10,13-14H,11-12H2,1-4H3,(H,26,30)(H,27,28,29). The number of ether oxygens (including phenoxy) is 4. The highest BCUT2D eigenvalue weighted by molar-refractivity contribution is 6.07. The number of aryl methyl sites for hydroxylation is 1. The summed E-state index contributed by atoms with van der Waals surface area (Å²) in [6, 6.07) is 12.3. The number of fused-ring (bicyclic) bond motifs is 1. The summed E-state index contributed by atoms with van der Waals surface area (Å²) in [6.07, 6.45) is 1.59. The number of hydrogen-bond donors (Lipinski definition) is 2. The lowest BCUT2D eigenvalue weighted by Gasteiger charge is -2.13. The van der Waals surface area contributed by atoms with Crippen LogP contribution in [0, 0.1) is 6.92 Å². The first-order valence-corrected chi connectivity index (χ1v) is 10.8. The van der Waals surface area contributed by atoms with Crippen LogP contribution in [-0.4, -0.2) is 50.4 Å². The molecule has 10 nitrogen and oxygen atoms in total. The lowest BCUT2D eigenvalue weighted by molar-refractivity contribution is 0.0963. The molecule has 0 aliphatic rings. The van der Waals surface area contributed by atoms with E-state index in [0.717, 1.165) is 0 Å². The quantitative estimate of drug-likeness (QED) is 0.319. The van der Waals surface area contributed by atoms with Gasteiger partial charge in [-0.3, -0.25) is 4.79 Å². The number of nitrogens with zero attached hydrogens (tertiary/aromatic N) is 2. The van der Waals surface area contributed by atoms with Crippen LogP contribution in [0.1, 0.15) is 16.1 Å². The molecule has 0 atom stereocenters. The van der Waals surface area contributed by atoms with Crippen molar-refractivity contribution in [1.29, 1.82) is 0 Å². The van der Waals surface area contributed by atoms with Gasteiger partial charge in [0, 0.05) is 49.6 Å². The van der Waals surface area contributed by atoms with Crippen molar-refractivity contribution in [2.24, 2.45) is 0 Å². The van der Waals surface area contributed by atoms with Crippen molar-refractivity contribution in [3.05, 3.63) is 60.0 Å². The molecule has 0 aliphatic carbocycles. The first kappa shape index (κ1) is 23.8. The first-order valence-electron chi connectivity index (χ1n) is 10.8. The molecular weight excluding hydrogens is 452 g/mol. The zero-order chi connectivity index (χ0) is 24.8. The molecule has 2 N–H and O–H groups in total. The van der Waals surface area contributed by atoms with Gasteiger partial charge >= 0.3 is 0 Å². The lowest BCUT2D eigenvalue weighted by Crippen LogP contribution is -2.18. The van der Waals surface area contributed by atoms with Crippen LogP contribution in [0.4, 0.5) is 11.6 Å². The molecule has 10 heteroatoms. The Hall–Kier alpha value is -4.31. The number of furan rings is 1. The topological polar surface area (TPSA) is 117 Å². The number of carbonyl (C=O) groups excluding carboxylic acids is 1. The van der Waals surface area contributed by atoms with Gasteiger partial charge in [-0.15, -0.1) is 0 Å². The van der Waals surface area contributed by atoms with E-state index >= 15 is 0 Å². The molecule has 2 aromatic heterocycles. The molecule has 1 amide bonds. The Morgan fingerprint density at radius 1 is 1.06 bits per heavy atom. The van der Waals surface area contributed by atoms with Crippen LogP contribution >= 0.6 is 0 Å². The van der Waals surface area contributed by atoms with Crippen LogP contribution in [0.5, 0.6) is 23.1 Å². The van der Waals surface area contributed by atoms with Crippen LogP contribution in [-0.2, 0) is 4.74 Å². The summed E-state index contributed by atoms with van der Waals surface area (Å²) in [4.78, 5) is 20.8. The number of amides is 1. The highest BCUT2D eigenvalue weighted by Crippen LogP contribution is 2.32. The molecule has 4 aromatic rings. The number of rotatable bonds is 10. The van der Waals surface area contributed by atoms with Gasteiger partial charge in [-0.1, -0.05) is 0 Å². The van der Waals surface area contributed by atoms with Crippen molar-refractivity contribution in [2.75, 3.05) is 39.8 Å². The summed E-state index contributed by atoms with van der Waals surface area (Å²) in [5.41, 5.74) is 1.77. The zero-order valence-corrected chi connectivity index (χ0v) is 19.9. The maximum Gasteiger partial charge on any atom is 0.255 e. The third kappa shape index (κ3) is 5.44. The molecule has 0 spiro atoms. The van der Waals surface area contributed by atoms with Gasteiger partial charge in [-0.2, -0.15) is 4.98 Å². The summed E-state index contributed by atoms with van der Waals surface area (Å²) < 4.78 is 27.7. The summed E-state index contributed by atoms with van der Waals surface area (Å²) in [5.74, 6) is 2.70. The van der Waals surface area contributed by atoms with Crippen molar-refractivity contribution >= 4 is 28.5 Å². The van der Waals surface area contributed by atoms with E-state index in [0.29, 0.717) is 70.3 Å². The smallest absolute Gasteiger partial charge is 0.255 e. The number of aromatic nitrogens is 2. The van der Waals surface area contributed by atoms with Gasteiger partial charge in [-0.05, 0) is 31.2 Å². The molecule has 182 valence electrons. The highest BCUT2D eigenvalue weighted by Gasteiger charge is 2.18. The molecule has 2 heterocycles. The fourth-order valence-electron chi connectivity index (χ4n) is 3.48. The van der Waals surface area contributed by atoms with E-state index in [1.165, 1.54) is 0 Å². The third-order valence-electron chi connectivity index (χ3n) is 5.11. The van der Waals surface area contributed by atoms with Gasteiger partial charge in [-0.25, -0.2) is 4.98 Å². The second-order valence-electron chi connectivity index (χ2n) is 7.42. The zero-order valence-electron chi connectivity index (χ0n) is 19.9. The predicted molar refractivity (Wildman–Crippen MR) is 130 cm³/mol. The fourth-order valence-corrected chi connectivity index (χ4v) is 3.48. The highest BCUT2D eigenvalue weighted by atomic mass is 16.5. The van der Waals surface area contributed by atoms with Gasteiger partial charge < -0.3 is 34.0 Å². The number of anilines is 2. The fraction of sp³-hybridized carbons (Fsp3) is 0.240. The average Bonchev–Trinajstić information content (AvgIpc) is 3.19. The monoisotopic (exact) mass is 478 g/mol. The second-order valence-corrected chi connectivity index (χ2v) is 7.42. The Labute approximate surface area is 202 Å². The van der Waals surface area contributed by atoms with Crippen LogP contribution in [0.2, 0.25) is 0 Å². The maximum absolute atomic E-state index is 12.1. The molecule has 35 heavy (non-hydrogen) atoms. The van der Waals surface area contributed by atoms with Gasteiger partial charge in [0.15, 0.2) is 11.5 Å². The molecule has 0 bridgehead atoms. The predicted octanol–water partition coefficient (Wildman–Crippen LogP) is 4.46. The summed E-state index contributed by atoms with van der Waals surface area (Å²) in [7, 11) is 4.77. The van der Waals surface area contributed by atoms with E-state index in [2.05, 4.69) is 20.6 Å². The number of benzene rings is 2. The third-order valence-corrected chi connectivity index (χ3v) is 5.11. The van der Waals surface area contributed by atoms with Gasteiger partial charge in [0.05, 0.1) is 19.3 Å². The van der Waals surface area contributed by atoms with Gasteiger partial charge in [0.1, 0.15) is 23.7 Å². The molecular formula is C25H26N4O6. The van der Waals surface area contributed by atoms with Crippen LogP contribution in [0.15, 0.2) is 53.1 Å². The Morgan fingerprint density at radius 3 is 2.69 bits per heavy atom. The van der Waals surface area contributed by atoms with Crippen molar-refractivity contribution in [1.82, 2.24) is 15.3 Å². The van der Waals surface area contributed by atoms with E-state index in [-0.39, 0.29) is 5.91 Å². The van der Waals surface area contributed by atoms with E-state index in [1.54, 1.807) is 70.8 Å². The molecule has 0 saturated heterocycles. The molecule has 0 fully saturated rings. The molecule has 0 saturated carbocycles. The minimum absolute atomic E-state index is 0.201. The normalized spacial score (nSPS) is 10.7. The maximum atomic E-state index is 12.1. The summed E-state index contributed by atoms with van der Waals surface area (Å²) in [5, 5.41) is 6.47. The van der Waals surface area contributed by atoms with Crippen LogP contribution in [0.3, 0.4) is 0 Å². The second kappa shape index (κ2) is 10.7. The average molecular weight is 479 g/mol. The summed E-state index contributed by atoms with van der Waals surface area (Å²) >= 11 is 0. The largest absolute Gasteiger partial charge is 0.493 e. The van der Waals surface area contributed by atoms with E-state index in [9.17, 15) is 4.79 Å². The SMILES string of the molecule is CNC(=O)c1c(C)oc2cc(Oc3ccnc(Nc4ccc(OCCOC)c(OC)c4)n3)ccc12. The first-order chi connectivity index (χ1) is 17.0. The van der Waals surface area contributed by atoms with Crippen LogP contribution < -0.4 is 24.8 Å². The lowest BCUT2D eigenvalue weighted by atomic mass is 10.1. The minimum Gasteiger partial charge on any atom is -0.493 e. The Morgan fingerprint density at radius 2 is 1.91 bits per heavy atom. The number of methoxy groups -OCH3 is 2. The summed E-state index contributed by atoms with van der Waals surface area (Å²) in [6.45, 7) is 2.64. The molecule has 0 unspecified atom stereocenters. The molecule has 4 rings (SSSR count). The van der Waals surface area contributed by atoms with E-state index in [4.69, 9.17) is 23.4 Å². The van der Waals surface area contributed by atoms with Crippen molar-refractivity contribution in [3.8, 4) is 23.1 Å². The Balaban J connectivity index is 1.49. The Bertz CT molecular complexity index is 1340. The van der Waals surface area contributed by atoms with E-state index in [1.807, 2.05) is 6.07 Å². The van der Waals surface area contributed by atoms with Gasteiger partial charge in [0.2, 0.25) is 11.8 Å². The molecule has 0 radical (unpaired) electrons. The minimum atomic E-state index is -0.201. The molecule has 2 aromatic carbocycles. The van der Waals surface area contributed by atoms with Crippen molar-refractivity contribution in [2.45, 2.75) is 6.92 Å².